The summed E-state index contributed by atoms with van der Waals surface area (Å²) in [5.41, 5.74) is 5.77. The third kappa shape index (κ3) is 6.48. The molecule has 0 fully saturated rings. The van der Waals surface area contributed by atoms with E-state index < -0.39 is 6.04 Å². The van der Waals surface area contributed by atoms with Gasteiger partial charge >= 0.3 is 5.97 Å². The molecule has 0 aliphatic heterocycles. The van der Waals surface area contributed by atoms with Crippen molar-refractivity contribution in [1.82, 2.24) is 4.90 Å². The summed E-state index contributed by atoms with van der Waals surface area (Å²) in [6, 6.07) is -0.502. The molecule has 6 heteroatoms. The van der Waals surface area contributed by atoms with Crippen LogP contribution >= 0.6 is 12.4 Å². The zero-order valence-corrected chi connectivity index (χ0v) is 11.8. The number of esters is 1. The van der Waals surface area contributed by atoms with Gasteiger partial charge in [0.15, 0.2) is 0 Å². The van der Waals surface area contributed by atoms with Gasteiger partial charge in [-0.25, -0.2) is 0 Å². The van der Waals surface area contributed by atoms with Gasteiger partial charge in [-0.15, -0.1) is 12.4 Å². The maximum Gasteiger partial charge on any atom is 0.307 e. The SMILES string of the molecule is CCN(CCC(=O)OC)C(=O)[C@@H](N)C(C)C.Cl. The van der Waals surface area contributed by atoms with Gasteiger partial charge in [0.05, 0.1) is 19.6 Å². The van der Waals surface area contributed by atoms with Crippen LogP contribution in [-0.2, 0) is 14.3 Å². The normalized spacial score (nSPS) is 11.6. The number of hydrogen-bond donors (Lipinski definition) is 1. The Bertz CT molecular complexity index is 247. The van der Waals surface area contributed by atoms with E-state index in [1.807, 2.05) is 20.8 Å². The van der Waals surface area contributed by atoms with Gasteiger partial charge in [0.1, 0.15) is 0 Å². The van der Waals surface area contributed by atoms with Crippen LogP contribution in [-0.4, -0.2) is 43.0 Å². The molecule has 1 atom stereocenters. The third-order valence-corrected chi connectivity index (χ3v) is 2.51. The van der Waals surface area contributed by atoms with Gasteiger partial charge in [0, 0.05) is 13.1 Å². The standard InChI is InChI=1S/C11H22N2O3.ClH/c1-5-13(7-6-9(14)16-4)11(15)10(12)8(2)3;/h8,10H,5-7,12H2,1-4H3;1H/t10-;/m0./s1. The van der Waals surface area contributed by atoms with Crippen molar-refractivity contribution in [3.8, 4) is 0 Å². The molecule has 0 radical (unpaired) electrons. The topological polar surface area (TPSA) is 72.6 Å². The summed E-state index contributed by atoms with van der Waals surface area (Å²) in [5, 5.41) is 0. The Kier molecular flexibility index (Phi) is 10.1. The number of nitrogens with two attached hydrogens (primary N) is 1. The fourth-order valence-corrected chi connectivity index (χ4v) is 1.25. The van der Waals surface area contributed by atoms with E-state index >= 15 is 0 Å². The fraction of sp³-hybridized carbons (Fsp3) is 0.818. The highest BCUT2D eigenvalue weighted by atomic mass is 35.5. The minimum Gasteiger partial charge on any atom is -0.469 e. The van der Waals surface area contributed by atoms with E-state index in [9.17, 15) is 9.59 Å². The number of ether oxygens (including phenoxy) is 1. The Morgan fingerprint density at radius 3 is 2.24 bits per heavy atom. The van der Waals surface area contributed by atoms with Crippen LogP contribution in [0.3, 0.4) is 0 Å². The van der Waals surface area contributed by atoms with Crippen molar-refractivity contribution >= 4 is 24.3 Å². The smallest absolute Gasteiger partial charge is 0.307 e. The summed E-state index contributed by atoms with van der Waals surface area (Å²) in [6.07, 6.45) is 0.209. The molecule has 0 rings (SSSR count). The van der Waals surface area contributed by atoms with Gasteiger partial charge in [-0.05, 0) is 12.8 Å². The van der Waals surface area contributed by atoms with Crippen molar-refractivity contribution in [2.24, 2.45) is 11.7 Å². The molecule has 0 aromatic carbocycles. The fourth-order valence-electron chi connectivity index (χ4n) is 1.25. The summed E-state index contributed by atoms with van der Waals surface area (Å²) in [7, 11) is 1.33. The lowest BCUT2D eigenvalue weighted by Crippen LogP contribution is -2.47. The van der Waals surface area contributed by atoms with E-state index in [1.165, 1.54) is 7.11 Å². The Morgan fingerprint density at radius 1 is 1.35 bits per heavy atom. The van der Waals surface area contributed by atoms with Crippen LogP contribution in [0.5, 0.6) is 0 Å². The Morgan fingerprint density at radius 2 is 1.88 bits per heavy atom. The average Bonchev–Trinajstić information content (AvgIpc) is 2.27. The molecule has 0 heterocycles. The van der Waals surface area contributed by atoms with Crippen molar-refractivity contribution in [3.05, 3.63) is 0 Å². The first kappa shape index (κ1) is 18.6. The zero-order valence-electron chi connectivity index (χ0n) is 10.9. The predicted molar refractivity (Wildman–Crippen MR) is 68.9 cm³/mol. The predicted octanol–water partition coefficient (Wildman–Crippen LogP) is 0.803. The molecule has 0 spiro atoms. The molecule has 17 heavy (non-hydrogen) atoms. The molecule has 0 saturated carbocycles. The first-order chi connectivity index (χ1) is 7.43. The number of methoxy groups -OCH3 is 1. The summed E-state index contributed by atoms with van der Waals surface area (Å²) >= 11 is 0. The van der Waals surface area contributed by atoms with Gasteiger partial charge < -0.3 is 15.4 Å². The van der Waals surface area contributed by atoms with Crippen LogP contribution in [0.1, 0.15) is 27.2 Å². The summed E-state index contributed by atoms with van der Waals surface area (Å²) < 4.78 is 4.52. The van der Waals surface area contributed by atoms with Crippen LogP contribution in [0.25, 0.3) is 0 Å². The number of halogens is 1. The molecule has 0 aromatic heterocycles. The Labute approximate surface area is 109 Å². The number of rotatable bonds is 6. The van der Waals surface area contributed by atoms with Crippen molar-refractivity contribution in [2.45, 2.75) is 33.2 Å². The van der Waals surface area contributed by atoms with Crippen LogP contribution in [0.4, 0.5) is 0 Å². The van der Waals surface area contributed by atoms with Crippen molar-refractivity contribution in [1.29, 1.82) is 0 Å². The second-order valence-corrected chi connectivity index (χ2v) is 4.01. The number of nitrogens with zero attached hydrogens (tertiary/aromatic N) is 1. The second kappa shape index (κ2) is 9.24. The highest BCUT2D eigenvalue weighted by Crippen LogP contribution is 2.04. The second-order valence-electron chi connectivity index (χ2n) is 4.01. The van der Waals surface area contributed by atoms with E-state index in [0.717, 1.165) is 0 Å². The minimum atomic E-state index is -0.502. The summed E-state index contributed by atoms with van der Waals surface area (Å²) in [5.74, 6) is -0.328. The van der Waals surface area contributed by atoms with Gasteiger partial charge in [0.2, 0.25) is 5.91 Å². The van der Waals surface area contributed by atoms with Crippen LogP contribution < -0.4 is 5.73 Å². The molecular weight excluding hydrogens is 244 g/mol. The van der Waals surface area contributed by atoms with E-state index in [0.29, 0.717) is 13.1 Å². The molecule has 0 aromatic rings. The lowest BCUT2D eigenvalue weighted by Gasteiger charge is -2.25. The quantitative estimate of drug-likeness (QED) is 0.722. The highest BCUT2D eigenvalue weighted by Gasteiger charge is 2.22. The summed E-state index contributed by atoms with van der Waals surface area (Å²) in [4.78, 5) is 24.4. The van der Waals surface area contributed by atoms with Crippen LogP contribution in [0, 0.1) is 5.92 Å². The van der Waals surface area contributed by atoms with E-state index in [2.05, 4.69) is 4.74 Å². The van der Waals surface area contributed by atoms with Crippen molar-refractivity contribution in [2.75, 3.05) is 20.2 Å². The van der Waals surface area contributed by atoms with E-state index in [4.69, 9.17) is 5.73 Å². The first-order valence-corrected chi connectivity index (χ1v) is 5.55. The monoisotopic (exact) mass is 266 g/mol. The molecule has 5 nitrogen and oxygen atoms in total. The van der Waals surface area contributed by atoms with Crippen LogP contribution in [0.15, 0.2) is 0 Å². The Hall–Kier alpha value is -0.810. The lowest BCUT2D eigenvalue weighted by atomic mass is 10.0. The molecule has 0 aliphatic carbocycles. The number of carbonyl (C=O) groups excluding carboxylic acids is 2. The molecule has 1 amide bonds. The van der Waals surface area contributed by atoms with Gasteiger partial charge in [-0.2, -0.15) is 0 Å². The first-order valence-electron chi connectivity index (χ1n) is 5.55. The average molecular weight is 267 g/mol. The molecule has 0 saturated heterocycles. The van der Waals surface area contributed by atoms with Crippen molar-refractivity contribution in [3.63, 3.8) is 0 Å². The molecule has 2 N–H and O–H groups in total. The lowest BCUT2D eigenvalue weighted by molar-refractivity contribution is -0.142. The Balaban J connectivity index is 0. The molecule has 102 valence electrons. The number of amides is 1. The van der Waals surface area contributed by atoms with E-state index in [1.54, 1.807) is 4.90 Å². The number of carbonyl (C=O) groups is 2. The highest BCUT2D eigenvalue weighted by molar-refractivity contribution is 5.85. The number of hydrogen-bond acceptors (Lipinski definition) is 4. The van der Waals surface area contributed by atoms with Gasteiger partial charge in [-0.3, -0.25) is 9.59 Å². The zero-order chi connectivity index (χ0) is 12.7. The minimum absolute atomic E-state index is 0. The maximum atomic E-state index is 11.9. The molecule has 0 unspecified atom stereocenters. The number of likely N-dealkylation sites (N-methyl/N-ethyl adjacent to an activating group) is 1. The largest absolute Gasteiger partial charge is 0.469 e. The molecule has 0 bridgehead atoms. The van der Waals surface area contributed by atoms with Crippen LogP contribution in [0.2, 0.25) is 0 Å². The molecule has 0 aliphatic rings. The van der Waals surface area contributed by atoms with E-state index in [-0.39, 0.29) is 36.6 Å². The summed E-state index contributed by atoms with van der Waals surface area (Å²) in [6.45, 7) is 6.58. The van der Waals surface area contributed by atoms with Gasteiger partial charge in [0.25, 0.3) is 0 Å². The molecular formula is C11H23ClN2O3. The maximum absolute atomic E-state index is 11.9. The third-order valence-electron chi connectivity index (χ3n) is 2.51. The van der Waals surface area contributed by atoms with Gasteiger partial charge in [-0.1, -0.05) is 13.8 Å². The van der Waals surface area contributed by atoms with Crippen molar-refractivity contribution < 1.29 is 14.3 Å².